The van der Waals surface area contributed by atoms with Gasteiger partial charge in [0.25, 0.3) is 12.3 Å². The number of rotatable bonds is 3. The van der Waals surface area contributed by atoms with E-state index in [1.165, 1.54) is 0 Å². The smallest absolute Gasteiger partial charge is 0.320 e. The van der Waals surface area contributed by atoms with Crippen molar-refractivity contribution in [3.63, 3.8) is 0 Å². The Balaban J connectivity index is 2.32. The number of nitrogens with zero attached hydrogens (tertiary/aromatic N) is 2. The van der Waals surface area contributed by atoms with Gasteiger partial charge in [0.05, 0.1) is 16.3 Å². The van der Waals surface area contributed by atoms with Gasteiger partial charge < -0.3 is 5.32 Å². The van der Waals surface area contributed by atoms with Crippen molar-refractivity contribution >= 4 is 34.7 Å². The maximum Gasteiger partial charge on any atom is 0.417 e. The first-order valence-electron chi connectivity index (χ1n) is 5.49. The lowest BCUT2D eigenvalue weighted by Gasteiger charge is -2.12. The average Bonchev–Trinajstić information content (AvgIpc) is 2.89. The number of halogens is 6. The van der Waals surface area contributed by atoms with Crippen LogP contribution in [0, 0.1) is 0 Å². The summed E-state index contributed by atoms with van der Waals surface area (Å²) in [5.41, 5.74) is -2.34. The zero-order valence-corrected chi connectivity index (χ0v) is 11.9. The number of hydrogen-bond acceptors (Lipinski definition) is 4. The number of benzene rings is 1. The molecule has 1 aromatic carbocycles. The molecule has 22 heavy (non-hydrogen) atoms. The largest absolute Gasteiger partial charge is 0.417 e. The van der Waals surface area contributed by atoms with Crippen LogP contribution >= 0.6 is 23.1 Å². The highest BCUT2D eigenvalue weighted by Gasteiger charge is 2.34. The minimum atomic E-state index is -4.71. The first-order chi connectivity index (χ1) is 10.2. The topological polar surface area (TPSA) is 54.9 Å². The van der Waals surface area contributed by atoms with Gasteiger partial charge in [0.1, 0.15) is 4.88 Å². The van der Waals surface area contributed by atoms with Gasteiger partial charge in [-0.25, -0.2) is 8.78 Å². The summed E-state index contributed by atoms with van der Waals surface area (Å²) in [4.78, 5) is 11.4. The lowest BCUT2D eigenvalue weighted by Crippen LogP contribution is -2.14. The van der Waals surface area contributed by atoms with E-state index in [0.717, 1.165) is 18.2 Å². The highest BCUT2D eigenvalue weighted by molar-refractivity contribution is 7.08. The van der Waals surface area contributed by atoms with Gasteiger partial charge in [-0.15, -0.1) is 5.10 Å². The molecule has 2 rings (SSSR count). The molecule has 0 radical (unpaired) electrons. The summed E-state index contributed by atoms with van der Waals surface area (Å²) in [6, 6.07) is 2.88. The SMILES string of the molecule is O=C(Nc1cccc(C(F)(F)F)c1Cl)c1snnc1C(F)F. The Hall–Kier alpha value is -1.81. The minimum Gasteiger partial charge on any atom is -0.320 e. The lowest BCUT2D eigenvalue weighted by atomic mass is 10.2. The predicted octanol–water partition coefficient (Wildman–Crippen LogP) is 4.40. The third-order valence-corrected chi connectivity index (χ3v) is 3.63. The van der Waals surface area contributed by atoms with Crippen molar-refractivity contribution < 1.29 is 26.7 Å². The quantitative estimate of drug-likeness (QED) is 0.828. The molecule has 0 aliphatic carbocycles. The molecule has 0 saturated heterocycles. The molecule has 118 valence electrons. The van der Waals surface area contributed by atoms with Crippen LogP contribution in [-0.2, 0) is 6.18 Å². The summed E-state index contributed by atoms with van der Waals surface area (Å²) < 4.78 is 66.5. The summed E-state index contributed by atoms with van der Waals surface area (Å²) in [6.45, 7) is 0. The molecule has 11 heteroatoms. The fraction of sp³-hybridized carbons (Fsp3) is 0.182. The predicted molar refractivity (Wildman–Crippen MR) is 69.3 cm³/mol. The van der Waals surface area contributed by atoms with Gasteiger partial charge >= 0.3 is 6.18 Å². The van der Waals surface area contributed by atoms with Gasteiger partial charge in [0.15, 0.2) is 5.69 Å². The molecule has 0 saturated carbocycles. The number of anilines is 1. The Morgan fingerprint density at radius 2 is 2.00 bits per heavy atom. The normalized spacial score (nSPS) is 11.8. The van der Waals surface area contributed by atoms with Crippen LogP contribution in [0.25, 0.3) is 0 Å². The van der Waals surface area contributed by atoms with Crippen molar-refractivity contribution in [3.05, 3.63) is 39.4 Å². The van der Waals surface area contributed by atoms with Gasteiger partial charge in [-0.1, -0.05) is 22.2 Å². The van der Waals surface area contributed by atoms with E-state index in [1.54, 1.807) is 0 Å². The third kappa shape index (κ3) is 3.33. The van der Waals surface area contributed by atoms with Crippen LogP contribution in [-0.4, -0.2) is 15.5 Å². The maximum absolute atomic E-state index is 12.7. The Bertz CT molecular complexity index is 703. The molecule has 0 fully saturated rings. The third-order valence-electron chi connectivity index (χ3n) is 2.48. The molecule has 0 atom stereocenters. The van der Waals surface area contributed by atoms with Crippen LogP contribution in [0.4, 0.5) is 27.6 Å². The highest BCUT2D eigenvalue weighted by atomic mass is 35.5. The molecule has 4 nitrogen and oxygen atoms in total. The van der Waals surface area contributed by atoms with E-state index in [4.69, 9.17) is 11.6 Å². The summed E-state index contributed by atoms with van der Waals surface area (Å²) in [5, 5.41) is 4.41. The Labute approximate surface area is 129 Å². The Morgan fingerprint density at radius 1 is 1.32 bits per heavy atom. The van der Waals surface area contributed by atoms with E-state index in [2.05, 4.69) is 9.59 Å². The van der Waals surface area contributed by atoms with Crippen molar-refractivity contribution in [2.24, 2.45) is 0 Å². The van der Waals surface area contributed by atoms with E-state index < -0.39 is 39.7 Å². The van der Waals surface area contributed by atoms with Crippen LogP contribution in [0.5, 0.6) is 0 Å². The molecule has 1 N–H and O–H groups in total. The summed E-state index contributed by atoms with van der Waals surface area (Å²) in [5.74, 6) is -1.06. The second-order valence-corrected chi connectivity index (χ2v) is 5.04. The standard InChI is InChI=1S/C11H5ClF5N3OS/c12-6-4(11(15,16)17)2-1-3-5(6)18-10(21)8-7(9(13)14)19-20-22-8/h1-3,9H,(H,18,21). The monoisotopic (exact) mass is 357 g/mol. The van der Waals surface area contributed by atoms with E-state index in [9.17, 15) is 26.7 Å². The molecular weight excluding hydrogens is 353 g/mol. The average molecular weight is 358 g/mol. The van der Waals surface area contributed by atoms with Crippen molar-refractivity contribution in [2.45, 2.75) is 12.6 Å². The van der Waals surface area contributed by atoms with Gasteiger partial charge in [0.2, 0.25) is 0 Å². The van der Waals surface area contributed by atoms with Crippen molar-refractivity contribution in [1.82, 2.24) is 9.59 Å². The molecule has 0 aliphatic heterocycles. The zero-order valence-electron chi connectivity index (χ0n) is 10.3. The van der Waals surface area contributed by atoms with E-state index in [1.807, 2.05) is 5.32 Å². The molecular formula is C11H5ClF5N3OS. The molecule has 0 spiro atoms. The first-order valence-corrected chi connectivity index (χ1v) is 6.64. The minimum absolute atomic E-state index is 0.352. The zero-order chi connectivity index (χ0) is 16.5. The maximum atomic E-state index is 12.7. The van der Waals surface area contributed by atoms with Crippen LogP contribution in [0.2, 0.25) is 5.02 Å². The number of hydrogen-bond donors (Lipinski definition) is 1. The molecule has 1 amide bonds. The summed E-state index contributed by atoms with van der Waals surface area (Å²) >= 11 is 5.99. The van der Waals surface area contributed by atoms with Gasteiger partial charge in [-0.05, 0) is 23.7 Å². The fourth-order valence-electron chi connectivity index (χ4n) is 1.52. The van der Waals surface area contributed by atoms with Gasteiger partial charge in [-0.3, -0.25) is 4.79 Å². The molecule has 0 bridgehead atoms. The summed E-state index contributed by atoms with van der Waals surface area (Å²) in [6.07, 6.45) is -7.74. The fourth-order valence-corrected chi connectivity index (χ4v) is 2.37. The van der Waals surface area contributed by atoms with Crippen LogP contribution in [0.1, 0.15) is 27.4 Å². The van der Waals surface area contributed by atoms with Gasteiger partial charge in [-0.2, -0.15) is 13.2 Å². The van der Waals surface area contributed by atoms with Crippen molar-refractivity contribution in [1.29, 1.82) is 0 Å². The van der Waals surface area contributed by atoms with Crippen LogP contribution in [0.15, 0.2) is 18.2 Å². The van der Waals surface area contributed by atoms with Crippen molar-refractivity contribution in [3.8, 4) is 0 Å². The first kappa shape index (κ1) is 16.6. The second kappa shape index (κ2) is 6.13. The highest BCUT2D eigenvalue weighted by Crippen LogP contribution is 2.38. The number of carbonyl (C=O) groups excluding carboxylic acids is 1. The molecule has 0 unspecified atom stereocenters. The van der Waals surface area contributed by atoms with Crippen molar-refractivity contribution in [2.75, 3.05) is 5.32 Å². The Kier molecular flexibility index (Phi) is 4.61. The number of alkyl halides is 5. The molecule has 0 aliphatic rings. The van der Waals surface area contributed by atoms with E-state index >= 15 is 0 Å². The van der Waals surface area contributed by atoms with E-state index in [0.29, 0.717) is 11.5 Å². The van der Waals surface area contributed by atoms with Gasteiger partial charge in [0, 0.05) is 0 Å². The second-order valence-electron chi connectivity index (χ2n) is 3.91. The summed E-state index contributed by atoms with van der Waals surface area (Å²) in [7, 11) is 0. The number of aromatic nitrogens is 2. The molecule has 1 heterocycles. The lowest BCUT2D eigenvalue weighted by molar-refractivity contribution is -0.137. The van der Waals surface area contributed by atoms with Crippen LogP contribution in [0.3, 0.4) is 0 Å². The van der Waals surface area contributed by atoms with Crippen LogP contribution < -0.4 is 5.32 Å². The Morgan fingerprint density at radius 3 is 2.59 bits per heavy atom. The number of carbonyl (C=O) groups is 1. The number of nitrogens with one attached hydrogen (secondary N) is 1. The molecule has 2 aromatic rings. The van der Waals surface area contributed by atoms with E-state index in [-0.39, 0.29) is 5.69 Å². The number of amides is 1. The molecule has 1 aromatic heterocycles.